The molecular weight excluding hydrogens is 410 g/mol. The number of aromatic nitrogens is 1. The zero-order valence-electron chi connectivity index (χ0n) is 19.5. The molecule has 1 aliphatic rings. The number of aryl methyl sites for hydroxylation is 1. The fourth-order valence-electron chi connectivity index (χ4n) is 4.88. The molecule has 172 valence electrons. The highest BCUT2D eigenvalue weighted by molar-refractivity contribution is 5.79. The van der Waals surface area contributed by atoms with Gasteiger partial charge in [-0.05, 0) is 55.5 Å². The van der Waals surface area contributed by atoms with Crippen molar-refractivity contribution in [2.45, 2.75) is 38.8 Å². The molecule has 5 nitrogen and oxygen atoms in total. The van der Waals surface area contributed by atoms with Crippen molar-refractivity contribution in [2.75, 3.05) is 20.2 Å². The number of carbonyl (C=O) groups excluding carboxylic acids is 1. The number of benzene rings is 2. The maximum absolute atomic E-state index is 13.0. The Morgan fingerprint density at radius 2 is 1.94 bits per heavy atom. The summed E-state index contributed by atoms with van der Waals surface area (Å²) in [6.07, 6.45) is 4.34. The van der Waals surface area contributed by atoms with Crippen LogP contribution < -0.4 is 10.1 Å². The van der Waals surface area contributed by atoms with Gasteiger partial charge in [0.15, 0.2) is 0 Å². The second-order valence-electron chi connectivity index (χ2n) is 8.87. The first-order valence-corrected chi connectivity index (χ1v) is 11.7. The van der Waals surface area contributed by atoms with E-state index in [2.05, 4.69) is 40.3 Å². The van der Waals surface area contributed by atoms with Crippen LogP contribution in [0.25, 0.3) is 0 Å². The van der Waals surface area contributed by atoms with Crippen molar-refractivity contribution in [3.05, 3.63) is 95.3 Å². The van der Waals surface area contributed by atoms with Crippen LogP contribution in [-0.4, -0.2) is 36.0 Å². The van der Waals surface area contributed by atoms with E-state index in [1.807, 2.05) is 54.7 Å². The first kappa shape index (κ1) is 23.0. The second-order valence-corrected chi connectivity index (χ2v) is 8.87. The average Bonchev–Trinajstić information content (AvgIpc) is 2.84. The molecule has 2 atom stereocenters. The summed E-state index contributed by atoms with van der Waals surface area (Å²) >= 11 is 0. The number of nitrogens with zero attached hydrogens (tertiary/aromatic N) is 2. The molecule has 0 aliphatic carbocycles. The number of para-hydroxylation sites is 1. The van der Waals surface area contributed by atoms with E-state index in [0.29, 0.717) is 12.3 Å². The van der Waals surface area contributed by atoms with Crippen molar-refractivity contribution >= 4 is 5.91 Å². The van der Waals surface area contributed by atoms with Crippen LogP contribution >= 0.6 is 0 Å². The van der Waals surface area contributed by atoms with Crippen LogP contribution in [0, 0.1) is 12.8 Å². The Bertz CT molecular complexity index is 1040. The molecule has 1 fully saturated rings. The SMILES string of the molecule is COc1c(C)cccc1CN1CCC[C@H]([C@H](NC(=O)Cc2ccccc2)c2ccccn2)C1. The number of ether oxygens (including phenoxy) is 1. The van der Waals surface area contributed by atoms with Crippen LogP contribution in [0.15, 0.2) is 72.9 Å². The lowest BCUT2D eigenvalue weighted by molar-refractivity contribution is -0.121. The summed E-state index contributed by atoms with van der Waals surface area (Å²) in [5, 5.41) is 3.31. The first-order valence-electron chi connectivity index (χ1n) is 11.7. The maximum Gasteiger partial charge on any atom is 0.224 e. The van der Waals surface area contributed by atoms with E-state index < -0.39 is 0 Å². The van der Waals surface area contributed by atoms with Crippen LogP contribution in [0.4, 0.5) is 0 Å². The molecule has 5 heteroatoms. The molecule has 0 bridgehead atoms. The normalized spacial score (nSPS) is 17.3. The molecule has 4 rings (SSSR count). The Labute approximate surface area is 196 Å². The van der Waals surface area contributed by atoms with Crippen molar-refractivity contribution < 1.29 is 9.53 Å². The summed E-state index contributed by atoms with van der Waals surface area (Å²) in [4.78, 5) is 20.0. The molecule has 0 spiro atoms. The lowest BCUT2D eigenvalue weighted by Gasteiger charge is -2.37. The number of rotatable bonds is 8. The van der Waals surface area contributed by atoms with Gasteiger partial charge in [0.25, 0.3) is 0 Å². The predicted molar refractivity (Wildman–Crippen MR) is 131 cm³/mol. The molecule has 0 saturated carbocycles. The van der Waals surface area contributed by atoms with E-state index in [-0.39, 0.29) is 11.9 Å². The Balaban J connectivity index is 1.49. The Morgan fingerprint density at radius 1 is 1.12 bits per heavy atom. The molecule has 2 aromatic carbocycles. The number of piperidine rings is 1. The highest BCUT2D eigenvalue weighted by atomic mass is 16.5. The third-order valence-electron chi connectivity index (χ3n) is 6.44. The zero-order chi connectivity index (χ0) is 23.0. The van der Waals surface area contributed by atoms with Gasteiger partial charge in [-0.25, -0.2) is 0 Å². The minimum absolute atomic E-state index is 0.0364. The summed E-state index contributed by atoms with van der Waals surface area (Å²) in [5.41, 5.74) is 4.31. The molecule has 1 saturated heterocycles. The summed E-state index contributed by atoms with van der Waals surface area (Å²) in [5.74, 6) is 1.30. The van der Waals surface area contributed by atoms with Gasteiger partial charge in [0, 0.05) is 24.8 Å². The van der Waals surface area contributed by atoms with Crippen LogP contribution in [0.2, 0.25) is 0 Å². The molecule has 1 N–H and O–H groups in total. The summed E-state index contributed by atoms with van der Waals surface area (Å²) < 4.78 is 5.68. The number of methoxy groups -OCH3 is 1. The third kappa shape index (κ3) is 5.99. The third-order valence-corrected chi connectivity index (χ3v) is 6.44. The van der Waals surface area contributed by atoms with Crippen LogP contribution in [0.5, 0.6) is 5.75 Å². The lowest BCUT2D eigenvalue weighted by Crippen LogP contribution is -2.43. The highest BCUT2D eigenvalue weighted by Crippen LogP contribution is 2.31. The molecule has 2 heterocycles. The van der Waals surface area contributed by atoms with Crippen molar-refractivity contribution in [1.29, 1.82) is 0 Å². The van der Waals surface area contributed by atoms with Crippen LogP contribution in [0.1, 0.15) is 41.3 Å². The fourth-order valence-corrected chi connectivity index (χ4v) is 4.88. The molecule has 3 aromatic rings. The summed E-state index contributed by atoms with van der Waals surface area (Å²) in [6, 6.07) is 22.1. The van der Waals surface area contributed by atoms with Gasteiger partial charge in [-0.15, -0.1) is 0 Å². The molecule has 1 amide bonds. The number of nitrogens with one attached hydrogen (secondary N) is 1. The standard InChI is InChI=1S/C28H33N3O2/c1-21-10-8-13-24(28(21)33-2)20-31-17-9-14-23(19-31)27(25-15-6-7-16-29-25)30-26(32)18-22-11-4-3-5-12-22/h3-8,10-13,15-16,23,27H,9,14,17-20H2,1-2H3,(H,30,32)/t23-,27-/m0/s1. The summed E-state index contributed by atoms with van der Waals surface area (Å²) in [7, 11) is 1.74. The quantitative estimate of drug-likeness (QED) is 0.548. The van der Waals surface area contributed by atoms with Gasteiger partial charge in [0.1, 0.15) is 5.75 Å². The van der Waals surface area contributed by atoms with Crippen molar-refractivity contribution in [3.8, 4) is 5.75 Å². The lowest BCUT2D eigenvalue weighted by atomic mass is 9.88. The monoisotopic (exact) mass is 443 g/mol. The smallest absolute Gasteiger partial charge is 0.224 e. The maximum atomic E-state index is 13.0. The highest BCUT2D eigenvalue weighted by Gasteiger charge is 2.30. The number of hydrogen-bond donors (Lipinski definition) is 1. The van der Waals surface area contributed by atoms with E-state index in [1.165, 1.54) is 5.56 Å². The molecule has 1 aliphatic heterocycles. The van der Waals surface area contributed by atoms with Gasteiger partial charge in [-0.1, -0.05) is 54.6 Å². The number of carbonyl (C=O) groups is 1. The van der Waals surface area contributed by atoms with E-state index in [0.717, 1.165) is 55.0 Å². The minimum atomic E-state index is -0.107. The van der Waals surface area contributed by atoms with E-state index in [4.69, 9.17) is 4.74 Å². The van der Waals surface area contributed by atoms with Gasteiger partial charge in [-0.2, -0.15) is 0 Å². The minimum Gasteiger partial charge on any atom is -0.496 e. The Hall–Kier alpha value is -3.18. The first-order chi connectivity index (χ1) is 16.1. The molecule has 1 aromatic heterocycles. The van der Waals surface area contributed by atoms with Gasteiger partial charge in [0.05, 0.1) is 25.3 Å². The molecule has 0 unspecified atom stereocenters. The molecule has 33 heavy (non-hydrogen) atoms. The summed E-state index contributed by atoms with van der Waals surface area (Å²) in [6.45, 7) is 4.87. The van der Waals surface area contributed by atoms with Gasteiger partial charge in [-0.3, -0.25) is 14.7 Å². The second kappa shape index (κ2) is 11.1. The largest absolute Gasteiger partial charge is 0.496 e. The topological polar surface area (TPSA) is 54.5 Å². The van der Waals surface area contributed by atoms with Crippen LogP contribution in [-0.2, 0) is 17.8 Å². The van der Waals surface area contributed by atoms with E-state index in [9.17, 15) is 4.79 Å². The number of likely N-dealkylation sites (tertiary alicyclic amines) is 1. The number of hydrogen-bond acceptors (Lipinski definition) is 4. The van der Waals surface area contributed by atoms with Crippen LogP contribution in [0.3, 0.4) is 0 Å². The van der Waals surface area contributed by atoms with Crippen molar-refractivity contribution in [2.24, 2.45) is 5.92 Å². The van der Waals surface area contributed by atoms with E-state index >= 15 is 0 Å². The van der Waals surface area contributed by atoms with E-state index in [1.54, 1.807) is 7.11 Å². The van der Waals surface area contributed by atoms with Crippen molar-refractivity contribution in [1.82, 2.24) is 15.2 Å². The average molecular weight is 444 g/mol. The number of amides is 1. The fraction of sp³-hybridized carbons (Fsp3) is 0.357. The van der Waals surface area contributed by atoms with Gasteiger partial charge >= 0.3 is 0 Å². The Kier molecular flexibility index (Phi) is 7.74. The molecular formula is C28H33N3O2. The van der Waals surface area contributed by atoms with Crippen molar-refractivity contribution in [3.63, 3.8) is 0 Å². The predicted octanol–water partition coefficient (Wildman–Crippen LogP) is 4.71. The molecule has 0 radical (unpaired) electrons. The zero-order valence-corrected chi connectivity index (χ0v) is 19.5. The van der Waals surface area contributed by atoms with Gasteiger partial charge in [0.2, 0.25) is 5.91 Å². The Morgan fingerprint density at radius 3 is 2.70 bits per heavy atom. The van der Waals surface area contributed by atoms with Gasteiger partial charge < -0.3 is 10.1 Å². The number of pyridine rings is 1.